The molecule has 0 radical (unpaired) electrons. The maximum atomic E-state index is 12.9. The van der Waals surface area contributed by atoms with Gasteiger partial charge in [0, 0.05) is 37.9 Å². The normalized spacial score (nSPS) is 33.3. The summed E-state index contributed by atoms with van der Waals surface area (Å²) in [7, 11) is 0. The van der Waals surface area contributed by atoms with Crippen LogP contribution in [-0.4, -0.2) is 43.0 Å². The van der Waals surface area contributed by atoms with E-state index in [-0.39, 0.29) is 12.0 Å². The fraction of sp³-hybridized carbons (Fsp3) is 0.632. The molecule has 1 aromatic rings. The number of fused-ring (bicyclic) bond motifs is 2. The van der Waals surface area contributed by atoms with Gasteiger partial charge in [0.1, 0.15) is 0 Å². The number of anilines is 1. The fourth-order valence-electron chi connectivity index (χ4n) is 4.92. The van der Waals surface area contributed by atoms with Crippen LogP contribution in [0.2, 0.25) is 0 Å². The van der Waals surface area contributed by atoms with Gasteiger partial charge >= 0.3 is 0 Å². The first-order chi connectivity index (χ1) is 11.1. The zero-order valence-electron chi connectivity index (χ0n) is 13.9. The van der Waals surface area contributed by atoms with E-state index in [9.17, 15) is 4.79 Å². The van der Waals surface area contributed by atoms with Crippen LogP contribution >= 0.6 is 0 Å². The van der Waals surface area contributed by atoms with Gasteiger partial charge in [-0.2, -0.15) is 0 Å². The number of piperazine rings is 1. The number of benzene rings is 1. The lowest BCUT2D eigenvalue weighted by Crippen LogP contribution is -2.54. The van der Waals surface area contributed by atoms with E-state index in [0.29, 0.717) is 17.7 Å². The average molecular weight is 313 g/mol. The Kier molecular flexibility index (Phi) is 3.80. The molecule has 3 aliphatic rings. The van der Waals surface area contributed by atoms with Crippen LogP contribution in [0.3, 0.4) is 0 Å². The van der Waals surface area contributed by atoms with E-state index < -0.39 is 0 Å². The lowest BCUT2D eigenvalue weighted by molar-refractivity contribution is -0.138. The van der Waals surface area contributed by atoms with Gasteiger partial charge in [0.15, 0.2) is 0 Å². The van der Waals surface area contributed by atoms with Crippen LogP contribution in [0.1, 0.15) is 24.8 Å². The fourth-order valence-corrected chi connectivity index (χ4v) is 4.92. The largest absolute Gasteiger partial charge is 0.368 e. The van der Waals surface area contributed by atoms with Crippen molar-refractivity contribution in [2.24, 2.45) is 23.5 Å². The van der Waals surface area contributed by atoms with Crippen molar-refractivity contribution in [1.82, 2.24) is 4.90 Å². The highest BCUT2D eigenvalue weighted by molar-refractivity contribution is 5.81. The van der Waals surface area contributed by atoms with Crippen LogP contribution < -0.4 is 10.6 Å². The van der Waals surface area contributed by atoms with Gasteiger partial charge in [-0.05, 0) is 55.7 Å². The smallest absolute Gasteiger partial charge is 0.227 e. The van der Waals surface area contributed by atoms with Crippen LogP contribution in [-0.2, 0) is 4.79 Å². The lowest BCUT2D eigenvalue weighted by Gasteiger charge is -2.39. The summed E-state index contributed by atoms with van der Waals surface area (Å²) < 4.78 is 0. The Bertz CT molecular complexity index is 592. The molecule has 2 bridgehead atoms. The minimum Gasteiger partial charge on any atom is -0.368 e. The van der Waals surface area contributed by atoms with Crippen molar-refractivity contribution in [3.8, 4) is 0 Å². The lowest BCUT2D eigenvalue weighted by atomic mass is 9.84. The summed E-state index contributed by atoms with van der Waals surface area (Å²) in [6, 6.07) is 8.73. The monoisotopic (exact) mass is 313 g/mol. The van der Waals surface area contributed by atoms with Gasteiger partial charge in [-0.25, -0.2) is 0 Å². The molecule has 1 amide bonds. The molecule has 1 aromatic carbocycles. The molecule has 3 fully saturated rings. The Labute approximate surface area is 138 Å². The molecule has 4 rings (SSSR count). The molecule has 124 valence electrons. The average Bonchev–Trinajstić information content (AvgIpc) is 3.15. The van der Waals surface area contributed by atoms with Gasteiger partial charge in [-0.1, -0.05) is 12.1 Å². The predicted molar refractivity (Wildman–Crippen MR) is 92.3 cm³/mol. The van der Waals surface area contributed by atoms with E-state index in [2.05, 4.69) is 41.0 Å². The highest BCUT2D eigenvalue weighted by Gasteiger charge is 2.50. The quantitative estimate of drug-likeness (QED) is 0.909. The first kappa shape index (κ1) is 15.0. The number of nitrogens with two attached hydrogens (primary N) is 1. The summed E-state index contributed by atoms with van der Waals surface area (Å²) in [5.41, 5.74) is 8.91. The molecular formula is C19H27N3O. The van der Waals surface area contributed by atoms with Crippen LogP contribution in [0.4, 0.5) is 5.69 Å². The molecule has 4 nitrogen and oxygen atoms in total. The SMILES string of the molecule is Cc1cccc(N2CCN(C(=O)C3C4CCC(C4)C3N)CC2)c1. The van der Waals surface area contributed by atoms with Crippen molar-refractivity contribution < 1.29 is 4.79 Å². The van der Waals surface area contributed by atoms with Gasteiger partial charge in [0.2, 0.25) is 5.91 Å². The maximum Gasteiger partial charge on any atom is 0.227 e. The van der Waals surface area contributed by atoms with Gasteiger partial charge in [0.25, 0.3) is 0 Å². The Morgan fingerprint density at radius 3 is 2.52 bits per heavy atom. The Balaban J connectivity index is 1.39. The van der Waals surface area contributed by atoms with Crippen LogP contribution in [0, 0.1) is 24.7 Å². The molecule has 4 atom stereocenters. The van der Waals surface area contributed by atoms with E-state index in [1.807, 2.05) is 0 Å². The molecule has 4 heteroatoms. The van der Waals surface area contributed by atoms with E-state index in [0.717, 1.165) is 26.2 Å². The molecule has 1 aliphatic heterocycles. The zero-order chi connectivity index (χ0) is 16.0. The number of amides is 1. The van der Waals surface area contributed by atoms with Gasteiger partial charge in [0.05, 0.1) is 5.92 Å². The summed E-state index contributed by atoms with van der Waals surface area (Å²) in [5.74, 6) is 1.58. The topological polar surface area (TPSA) is 49.6 Å². The highest BCUT2D eigenvalue weighted by Crippen LogP contribution is 2.48. The number of hydrogen-bond donors (Lipinski definition) is 1. The number of hydrogen-bond acceptors (Lipinski definition) is 3. The molecule has 1 heterocycles. The summed E-state index contributed by atoms with van der Waals surface area (Å²) in [4.78, 5) is 17.4. The van der Waals surface area contributed by atoms with Crippen molar-refractivity contribution in [1.29, 1.82) is 0 Å². The molecule has 23 heavy (non-hydrogen) atoms. The van der Waals surface area contributed by atoms with Gasteiger partial charge in [-0.15, -0.1) is 0 Å². The Morgan fingerprint density at radius 1 is 1.13 bits per heavy atom. The number of aryl methyl sites for hydroxylation is 1. The summed E-state index contributed by atoms with van der Waals surface area (Å²) >= 11 is 0. The third-order valence-electron chi connectivity index (χ3n) is 6.22. The number of carbonyl (C=O) groups excluding carboxylic acids is 1. The number of nitrogens with zero attached hydrogens (tertiary/aromatic N) is 2. The molecular weight excluding hydrogens is 286 g/mol. The molecule has 2 N–H and O–H groups in total. The predicted octanol–water partition coefficient (Wildman–Crippen LogP) is 2.02. The standard InChI is InChI=1S/C19H27N3O/c1-13-3-2-4-16(11-13)21-7-9-22(10-8-21)19(23)17-14-5-6-15(12-14)18(17)20/h2-4,11,14-15,17-18H,5-10,12,20H2,1H3. The first-order valence-corrected chi connectivity index (χ1v) is 8.99. The molecule has 2 saturated carbocycles. The third kappa shape index (κ3) is 2.63. The third-order valence-corrected chi connectivity index (χ3v) is 6.22. The van der Waals surface area contributed by atoms with E-state index in [4.69, 9.17) is 5.73 Å². The molecule has 2 aliphatic carbocycles. The van der Waals surface area contributed by atoms with Crippen LogP contribution in [0.5, 0.6) is 0 Å². The van der Waals surface area contributed by atoms with Crippen LogP contribution in [0.15, 0.2) is 24.3 Å². The van der Waals surface area contributed by atoms with Crippen molar-refractivity contribution in [3.05, 3.63) is 29.8 Å². The highest BCUT2D eigenvalue weighted by atomic mass is 16.2. The van der Waals surface area contributed by atoms with Crippen molar-refractivity contribution in [2.75, 3.05) is 31.1 Å². The summed E-state index contributed by atoms with van der Waals surface area (Å²) in [5, 5.41) is 0. The molecule has 0 aromatic heterocycles. The zero-order valence-corrected chi connectivity index (χ0v) is 13.9. The molecule has 1 saturated heterocycles. The van der Waals surface area contributed by atoms with Crippen molar-refractivity contribution in [3.63, 3.8) is 0 Å². The van der Waals surface area contributed by atoms with E-state index in [1.54, 1.807) is 0 Å². The second-order valence-corrected chi connectivity index (χ2v) is 7.59. The van der Waals surface area contributed by atoms with Gasteiger partial charge in [-0.3, -0.25) is 4.79 Å². The second kappa shape index (κ2) is 5.82. The van der Waals surface area contributed by atoms with Crippen LogP contribution in [0.25, 0.3) is 0 Å². The van der Waals surface area contributed by atoms with E-state index in [1.165, 1.54) is 30.5 Å². The minimum absolute atomic E-state index is 0.0965. The Morgan fingerprint density at radius 2 is 1.87 bits per heavy atom. The second-order valence-electron chi connectivity index (χ2n) is 7.59. The van der Waals surface area contributed by atoms with Crippen molar-refractivity contribution >= 4 is 11.6 Å². The van der Waals surface area contributed by atoms with Gasteiger partial charge < -0.3 is 15.5 Å². The molecule has 4 unspecified atom stereocenters. The number of rotatable bonds is 2. The minimum atomic E-state index is 0.0965. The first-order valence-electron chi connectivity index (χ1n) is 8.99. The Hall–Kier alpha value is -1.55. The van der Waals surface area contributed by atoms with Crippen molar-refractivity contribution in [2.45, 2.75) is 32.2 Å². The maximum absolute atomic E-state index is 12.9. The van der Waals surface area contributed by atoms with E-state index >= 15 is 0 Å². The number of carbonyl (C=O) groups is 1. The molecule has 0 spiro atoms. The summed E-state index contributed by atoms with van der Waals surface area (Å²) in [6.07, 6.45) is 3.62. The summed E-state index contributed by atoms with van der Waals surface area (Å²) in [6.45, 7) is 5.62.